The smallest absolute Gasteiger partial charge is 0.127 e. The van der Waals surface area contributed by atoms with Crippen LogP contribution in [0.3, 0.4) is 0 Å². The molecule has 1 nitrogen and oxygen atoms in total. The molecule has 1 atom stereocenters. The van der Waals surface area contributed by atoms with Crippen molar-refractivity contribution in [1.29, 1.82) is 0 Å². The fourth-order valence-corrected chi connectivity index (χ4v) is 3.19. The Morgan fingerprint density at radius 2 is 1.90 bits per heavy atom. The first-order valence-electron chi connectivity index (χ1n) is 6.55. The number of nitrogens with one attached hydrogen (secondary N) is 1. The second kappa shape index (κ2) is 7.59. The molecule has 21 heavy (non-hydrogen) atoms. The summed E-state index contributed by atoms with van der Waals surface area (Å²) in [6.07, 6.45) is 1.21. The summed E-state index contributed by atoms with van der Waals surface area (Å²) in [5.41, 5.74) is 1.55. The Labute approximate surface area is 142 Å². The van der Waals surface area contributed by atoms with E-state index < -0.39 is 0 Å². The largest absolute Gasteiger partial charge is 0.316 e. The van der Waals surface area contributed by atoms with Crippen molar-refractivity contribution >= 4 is 39.1 Å². The van der Waals surface area contributed by atoms with E-state index in [0.717, 1.165) is 10.0 Å². The molecule has 0 aliphatic carbocycles. The number of rotatable bonds is 5. The molecular formula is C16H15BrCl2FN. The molecule has 0 spiro atoms. The molecule has 0 radical (unpaired) electrons. The second-order valence-electron chi connectivity index (χ2n) is 4.83. The van der Waals surface area contributed by atoms with Crippen molar-refractivity contribution < 1.29 is 4.39 Å². The fraction of sp³-hybridized carbons (Fsp3) is 0.250. The Hall–Kier alpha value is -0.610. The summed E-state index contributed by atoms with van der Waals surface area (Å²) in [5, 5.41) is 4.35. The van der Waals surface area contributed by atoms with Crippen LogP contribution in [0.1, 0.15) is 11.1 Å². The Balaban J connectivity index is 2.17. The maximum absolute atomic E-state index is 13.9. The highest BCUT2D eigenvalue weighted by Gasteiger charge is 2.15. The first-order valence-corrected chi connectivity index (χ1v) is 8.10. The van der Waals surface area contributed by atoms with Crippen molar-refractivity contribution in [3.63, 3.8) is 0 Å². The molecule has 0 aliphatic heterocycles. The van der Waals surface area contributed by atoms with Crippen molar-refractivity contribution in [1.82, 2.24) is 5.32 Å². The van der Waals surface area contributed by atoms with Gasteiger partial charge in [0.1, 0.15) is 5.82 Å². The summed E-state index contributed by atoms with van der Waals surface area (Å²) in [6, 6.07) is 10.6. The maximum Gasteiger partial charge on any atom is 0.127 e. The molecule has 0 fully saturated rings. The van der Waals surface area contributed by atoms with E-state index in [2.05, 4.69) is 21.2 Å². The highest BCUT2D eigenvalue weighted by molar-refractivity contribution is 9.10. The third kappa shape index (κ3) is 4.43. The first-order chi connectivity index (χ1) is 10.0. The third-order valence-electron chi connectivity index (χ3n) is 3.40. The summed E-state index contributed by atoms with van der Waals surface area (Å²) in [6.45, 7) is 0. The van der Waals surface area contributed by atoms with Crippen LogP contribution in [-0.2, 0) is 12.8 Å². The van der Waals surface area contributed by atoms with Crippen LogP contribution in [-0.4, -0.2) is 13.1 Å². The third-order valence-corrected chi connectivity index (χ3v) is 4.60. The molecule has 0 aliphatic rings. The molecule has 2 rings (SSSR count). The Morgan fingerprint density at radius 1 is 1.14 bits per heavy atom. The number of benzene rings is 2. The Kier molecular flexibility index (Phi) is 6.06. The van der Waals surface area contributed by atoms with E-state index in [0.29, 0.717) is 28.5 Å². The van der Waals surface area contributed by atoms with Crippen LogP contribution in [0, 0.1) is 5.82 Å². The van der Waals surface area contributed by atoms with E-state index in [9.17, 15) is 4.39 Å². The standard InChI is InChI=1S/C16H15BrCl2FN/c1-21-12(7-10-5-6-11(17)8-15(10)19)9-13-14(18)3-2-4-16(13)20/h2-6,8,12,21H,7,9H2,1H3. The zero-order chi connectivity index (χ0) is 15.4. The zero-order valence-electron chi connectivity index (χ0n) is 11.5. The normalized spacial score (nSPS) is 12.4. The van der Waals surface area contributed by atoms with Crippen molar-refractivity contribution in [2.75, 3.05) is 7.05 Å². The zero-order valence-corrected chi connectivity index (χ0v) is 14.6. The molecule has 1 N–H and O–H groups in total. The van der Waals surface area contributed by atoms with Crippen LogP contribution in [0.15, 0.2) is 40.9 Å². The van der Waals surface area contributed by atoms with Gasteiger partial charge in [-0.05, 0) is 49.7 Å². The molecular weight excluding hydrogens is 376 g/mol. The average Bonchev–Trinajstić information content (AvgIpc) is 2.44. The maximum atomic E-state index is 13.9. The summed E-state index contributed by atoms with van der Waals surface area (Å²) in [5.74, 6) is -0.273. The van der Waals surface area contributed by atoms with Crippen LogP contribution in [0.2, 0.25) is 10.0 Å². The molecule has 5 heteroatoms. The topological polar surface area (TPSA) is 12.0 Å². The lowest BCUT2D eigenvalue weighted by Crippen LogP contribution is -2.30. The Bertz CT molecular complexity index is 613. The van der Waals surface area contributed by atoms with Crippen molar-refractivity contribution in [2.24, 2.45) is 0 Å². The predicted octanol–water partition coefficient (Wildman–Crippen LogP) is 5.27. The average molecular weight is 391 g/mol. The minimum absolute atomic E-state index is 0.0538. The minimum Gasteiger partial charge on any atom is -0.316 e. The van der Waals surface area contributed by atoms with Gasteiger partial charge in [-0.3, -0.25) is 0 Å². The van der Waals surface area contributed by atoms with E-state index in [4.69, 9.17) is 23.2 Å². The van der Waals surface area contributed by atoms with E-state index in [-0.39, 0.29) is 11.9 Å². The molecule has 0 aromatic heterocycles. The molecule has 1 unspecified atom stereocenters. The van der Waals surface area contributed by atoms with Gasteiger partial charge in [0.15, 0.2) is 0 Å². The molecule has 112 valence electrons. The molecule has 0 saturated heterocycles. The summed E-state index contributed by atoms with van der Waals surface area (Å²) < 4.78 is 14.8. The van der Waals surface area contributed by atoms with Crippen molar-refractivity contribution in [2.45, 2.75) is 18.9 Å². The number of hydrogen-bond acceptors (Lipinski definition) is 1. The number of likely N-dealkylation sites (N-methyl/N-ethyl adjacent to an activating group) is 1. The van der Waals surface area contributed by atoms with Gasteiger partial charge in [-0.2, -0.15) is 0 Å². The lowest BCUT2D eigenvalue weighted by Gasteiger charge is -2.18. The molecule has 0 heterocycles. The first kappa shape index (κ1) is 16.8. The molecule has 0 bridgehead atoms. The van der Waals surface area contributed by atoms with Gasteiger partial charge in [-0.25, -0.2) is 4.39 Å². The summed E-state index contributed by atoms with van der Waals surface area (Å²) >= 11 is 15.7. The van der Waals surface area contributed by atoms with Gasteiger partial charge in [-0.1, -0.05) is 51.3 Å². The molecule has 2 aromatic carbocycles. The monoisotopic (exact) mass is 389 g/mol. The van der Waals surface area contributed by atoms with E-state index in [1.807, 2.05) is 25.2 Å². The van der Waals surface area contributed by atoms with Crippen molar-refractivity contribution in [3.8, 4) is 0 Å². The second-order valence-corrected chi connectivity index (χ2v) is 6.56. The van der Waals surface area contributed by atoms with Crippen LogP contribution >= 0.6 is 39.1 Å². The van der Waals surface area contributed by atoms with Crippen LogP contribution in [0.25, 0.3) is 0 Å². The van der Waals surface area contributed by atoms with E-state index in [1.54, 1.807) is 12.1 Å². The number of hydrogen-bond donors (Lipinski definition) is 1. The molecule has 0 saturated carbocycles. The highest BCUT2D eigenvalue weighted by atomic mass is 79.9. The minimum atomic E-state index is -0.273. The predicted molar refractivity (Wildman–Crippen MR) is 90.8 cm³/mol. The Morgan fingerprint density at radius 3 is 2.52 bits per heavy atom. The van der Waals surface area contributed by atoms with Gasteiger partial charge < -0.3 is 5.32 Å². The van der Waals surface area contributed by atoms with E-state index in [1.165, 1.54) is 6.07 Å². The lowest BCUT2D eigenvalue weighted by molar-refractivity contribution is 0.532. The number of halogens is 4. The van der Waals surface area contributed by atoms with E-state index >= 15 is 0 Å². The summed E-state index contributed by atoms with van der Waals surface area (Å²) in [7, 11) is 1.85. The van der Waals surface area contributed by atoms with Gasteiger partial charge in [0.05, 0.1) is 0 Å². The van der Waals surface area contributed by atoms with Crippen LogP contribution < -0.4 is 5.32 Å². The van der Waals surface area contributed by atoms with Gasteiger partial charge >= 0.3 is 0 Å². The lowest BCUT2D eigenvalue weighted by atomic mass is 9.98. The molecule has 2 aromatic rings. The SMILES string of the molecule is CNC(Cc1ccc(Br)cc1Cl)Cc1c(F)cccc1Cl. The highest BCUT2D eigenvalue weighted by Crippen LogP contribution is 2.25. The van der Waals surface area contributed by atoms with Gasteiger partial charge in [0.25, 0.3) is 0 Å². The van der Waals surface area contributed by atoms with Crippen LogP contribution in [0.4, 0.5) is 4.39 Å². The van der Waals surface area contributed by atoms with Gasteiger partial charge in [0, 0.05) is 26.1 Å². The van der Waals surface area contributed by atoms with Crippen LogP contribution in [0.5, 0.6) is 0 Å². The quantitative estimate of drug-likeness (QED) is 0.733. The fourth-order valence-electron chi connectivity index (χ4n) is 2.20. The van der Waals surface area contributed by atoms with Crippen molar-refractivity contribution in [3.05, 3.63) is 67.9 Å². The van der Waals surface area contributed by atoms with Gasteiger partial charge in [-0.15, -0.1) is 0 Å². The van der Waals surface area contributed by atoms with Gasteiger partial charge in [0.2, 0.25) is 0 Å². The molecule has 0 amide bonds. The summed E-state index contributed by atoms with van der Waals surface area (Å²) in [4.78, 5) is 0.